The Morgan fingerprint density at radius 2 is 1.36 bits per heavy atom. The van der Waals surface area contributed by atoms with Crippen LogP contribution in [-0.4, -0.2) is 53.6 Å². The highest BCUT2D eigenvalue weighted by Gasteiger charge is 2.17. The van der Waals surface area contributed by atoms with E-state index >= 15 is 0 Å². The van der Waals surface area contributed by atoms with Gasteiger partial charge in [-0.15, -0.1) is 0 Å². The van der Waals surface area contributed by atoms with Gasteiger partial charge in [-0.1, -0.05) is 46.4 Å². The second-order valence-corrected chi connectivity index (χ2v) is 6.99. The number of hydrogen-bond donors (Lipinski definition) is 2. The lowest BCUT2D eigenvalue weighted by Crippen LogP contribution is -2.35. The van der Waals surface area contributed by atoms with Crippen LogP contribution < -0.4 is 24.8 Å². The van der Waals surface area contributed by atoms with Gasteiger partial charge in [0.25, 0.3) is 11.8 Å². The van der Waals surface area contributed by atoms with Crippen molar-refractivity contribution in [2.75, 3.05) is 20.2 Å². The predicted octanol–water partition coefficient (Wildman–Crippen LogP) is 1.35. The minimum absolute atomic E-state index is 0.00951. The molecule has 154 valence electrons. The molecule has 0 bridgehead atoms. The topological polar surface area (TPSA) is 120 Å². The Morgan fingerprint density at radius 3 is 1.82 bits per heavy atom. The molecule has 0 heterocycles. The Bertz CT molecular complexity index is 743. The standard InChI is InChI=1S/C15H14Cl4N2O7/c1-26-9-4-7(27-10(22)5-20-14(24)12(16)17)2-3-8(9)28-11(23)6-21-15(25)13(18)19/h2-4,12-13H,5-6H2,1H3,(H,20,24)(H,21,25). The van der Waals surface area contributed by atoms with Crippen molar-refractivity contribution < 1.29 is 33.4 Å². The molecule has 1 aromatic rings. The van der Waals surface area contributed by atoms with Crippen molar-refractivity contribution in [1.29, 1.82) is 0 Å². The van der Waals surface area contributed by atoms with Crippen LogP contribution in [0.25, 0.3) is 0 Å². The summed E-state index contributed by atoms with van der Waals surface area (Å²) in [4.78, 5) is 43.2. The molecule has 0 radical (unpaired) electrons. The predicted molar refractivity (Wildman–Crippen MR) is 101 cm³/mol. The number of carbonyl (C=O) groups is 4. The molecule has 1 rings (SSSR count). The molecule has 0 spiro atoms. The lowest BCUT2D eigenvalue weighted by atomic mass is 10.3. The van der Waals surface area contributed by atoms with Gasteiger partial charge in [-0.25, -0.2) is 9.59 Å². The van der Waals surface area contributed by atoms with Gasteiger partial charge in [-0.3, -0.25) is 9.59 Å². The Morgan fingerprint density at radius 1 is 0.857 bits per heavy atom. The van der Waals surface area contributed by atoms with Gasteiger partial charge in [-0.2, -0.15) is 0 Å². The van der Waals surface area contributed by atoms with E-state index in [-0.39, 0.29) is 17.2 Å². The Balaban J connectivity index is 2.65. The molecule has 0 unspecified atom stereocenters. The van der Waals surface area contributed by atoms with E-state index in [1.807, 2.05) is 0 Å². The zero-order valence-electron chi connectivity index (χ0n) is 14.2. The largest absolute Gasteiger partial charge is 0.493 e. The van der Waals surface area contributed by atoms with Gasteiger partial charge in [0.2, 0.25) is 0 Å². The van der Waals surface area contributed by atoms with Gasteiger partial charge in [0, 0.05) is 6.07 Å². The van der Waals surface area contributed by atoms with E-state index < -0.39 is 46.5 Å². The fourth-order valence-corrected chi connectivity index (χ4v) is 1.90. The van der Waals surface area contributed by atoms with Gasteiger partial charge in [-0.05, 0) is 12.1 Å². The summed E-state index contributed by atoms with van der Waals surface area (Å²) in [6.45, 7) is -0.938. The highest BCUT2D eigenvalue weighted by atomic mass is 35.5. The summed E-state index contributed by atoms with van der Waals surface area (Å²) in [6.07, 6.45) is 0. The highest BCUT2D eigenvalue weighted by molar-refractivity contribution is 6.54. The number of hydrogen-bond acceptors (Lipinski definition) is 7. The van der Waals surface area contributed by atoms with E-state index in [9.17, 15) is 19.2 Å². The van der Waals surface area contributed by atoms with Crippen molar-refractivity contribution in [3.05, 3.63) is 18.2 Å². The first-order chi connectivity index (χ1) is 13.1. The second-order valence-electron chi connectivity index (χ2n) is 4.80. The summed E-state index contributed by atoms with van der Waals surface area (Å²) in [6, 6.07) is 3.91. The molecule has 13 heteroatoms. The van der Waals surface area contributed by atoms with Crippen LogP contribution in [0, 0.1) is 0 Å². The molecule has 28 heavy (non-hydrogen) atoms. The molecule has 2 N–H and O–H groups in total. The van der Waals surface area contributed by atoms with Crippen LogP contribution in [-0.2, 0) is 19.2 Å². The molecule has 0 atom stereocenters. The smallest absolute Gasteiger partial charge is 0.330 e. The summed E-state index contributed by atoms with van der Waals surface area (Å²) >= 11 is 21.3. The number of benzene rings is 1. The number of alkyl halides is 4. The van der Waals surface area contributed by atoms with E-state index in [0.717, 1.165) is 0 Å². The normalized spacial score (nSPS) is 10.4. The number of halogens is 4. The monoisotopic (exact) mass is 474 g/mol. The van der Waals surface area contributed by atoms with E-state index in [1.54, 1.807) is 0 Å². The molecule has 0 aliphatic heterocycles. The summed E-state index contributed by atoms with van der Waals surface area (Å²) in [5.74, 6) is -2.97. The molecule has 0 saturated carbocycles. The highest BCUT2D eigenvalue weighted by Crippen LogP contribution is 2.31. The van der Waals surface area contributed by atoms with Crippen LogP contribution in [0.1, 0.15) is 0 Å². The average molecular weight is 476 g/mol. The minimum atomic E-state index is -1.32. The van der Waals surface area contributed by atoms with Crippen molar-refractivity contribution in [3.63, 3.8) is 0 Å². The average Bonchev–Trinajstić information content (AvgIpc) is 2.64. The molecule has 0 aliphatic carbocycles. The Hall–Kier alpha value is -1.94. The fraction of sp³-hybridized carbons (Fsp3) is 0.333. The van der Waals surface area contributed by atoms with E-state index in [0.29, 0.717) is 0 Å². The summed E-state index contributed by atoms with van der Waals surface area (Å²) in [7, 11) is 1.30. The number of carbonyl (C=O) groups excluding carboxylic acids is 4. The summed E-state index contributed by atoms with van der Waals surface area (Å²) < 4.78 is 15.1. The van der Waals surface area contributed by atoms with Crippen molar-refractivity contribution in [2.24, 2.45) is 0 Å². The third-order valence-electron chi connectivity index (χ3n) is 2.80. The van der Waals surface area contributed by atoms with E-state index in [4.69, 9.17) is 60.6 Å². The van der Waals surface area contributed by atoms with Crippen molar-refractivity contribution in [3.8, 4) is 17.2 Å². The maximum atomic E-state index is 11.7. The lowest BCUT2D eigenvalue weighted by Gasteiger charge is -2.12. The third-order valence-corrected chi connectivity index (χ3v) is 3.59. The van der Waals surface area contributed by atoms with Gasteiger partial charge in [0.05, 0.1) is 7.11 Å². The molecule has 2 amide bonds. The van der Waals surface area contributed by atoms with Gasteiger partial charge < -0.3 is 24.8 Å². The molecular weight excluding hydrogens is 462 g/mol. The SMILES string of the molecule is COc1cc(OC(=O)CNC(=O)C(Cl)Cl)ccc1OC(=O)CNC(=O)C(Cl)Cl. The van der Waals surface area contributed by atoms with Crippen molar-refractivity contribution in [2.45, 2.75) is 9.67 Å². The Labute approximate surface area is 179 Å². The van der Waals surface area contributed by atoms with E-state index in [2.05, 4.69) is 10.6 Å². The number of amides is 2. The third kappa shape index (κ3) is 8.39. The first-order valence-corrected chi connectivity index (χ1v) is 9.09. The number of esters is 2. The van der Waals surface area contributed by atoms with Gasteiger partial charge in [0.15, 0.2) is 21.2 Å². The quantitative estimate of drug-likeness (QED) is 0.314. The van der Waals surface area contributed by atoms with Crippen LogP contribution in [0.3, 0.4) is 0 Å². The Kier molecular flexibility index (Phi) is 10.2. The van der Waals surface area contributed by atoms with Crippen molar-refractivity contribution >= 4 is 70.2 Å². The molecule has 0 fully saturated rings. The van der Waals surface area contributed by atoms with Crippen LogP contribution in [0.4, 0.5) is 0 Å². The number of ether oxygens (including phenoxy) is 3. The minimum Gasteiger partial charge on any atom is -0.493 e. The molecule has 9 nitrogen and oxygen atoms in total. The number of rotatable bonds is 9. The molecule has 1 aromatic carbocycles. The fourth-order valence-electron chi connectivity index (χ4n) is 1.59. The summed E-state index contributed by atoms with van der Waals surface area (Å²) in [5, 5.41) is 4.34. The lowest BCUT2D eigenvalue weighted by molar-refractivity contribution is -0.136. The number of nitrogens with one attached hydrogen (secondary N) is 2. The first kappa shape index (κ1) is 24.1. The number of methoxy groups -OCH3 is 1. The van der Waals surface area contributed by atoms with Crippen LogP contribution in [0.5, 0.6) is 17.2 Å². The van der Waals surface area contributed by atoms with Crippen molar-refractivity contribution in [1.82, 2.24) is 10.6 Å². The van der Waals surface area contributed by atoms with Gasteiger partial charge >= 0.3 is 11.9 Å². The molecule has 0 saturated heterocycles. The van der Waals surface area contributed by atoms with E-state index in [1.165, 1.54) is 25.3 Å². The van der Waals surface area contributed by atoms with Crippen LogP contribution in [0.15, 0.2) is 18.2 Å². The first-order valence-electron chi connectivity index (χ1n) is 7.35. The maximum Gasteiger partial charge on any atom is 0.330 e. The zero-order chi connectivity index (χ0) is 21.3. The summed E-state index contributed by atoms with van der Waals surface area (Å²) in [5.41, 5.74) is 0. The zero-order valence-corrected chi connectivity index (χ0v) is 17.2. The second kappa shape index (κ2) is 11.8. The maximum absolute atomic E-state index is 11.7. The molecule has 0 aliphatic rings. The van der Waals surface area contributed by atoms with Crippen LogP contribution in [0.2, 0.25) is 0 Å². The van der Waals surface area contributed by atoms with Gasteiger partial charge in [0.1, 0.15) is 18.8 Å². The van der Waals surface area contributed by atoms with Crippen LogP contribution >= 0.6 is 46.4 Å². The molecular formula is C15H14Cl4N2O7. The molecule has 0 aromatic heterocycles.